The Bertz CT molecular complexity index is 315. The van der Waals surface area contributed by atoms with Gasteiger partial charge in [-0.2, -0.15) is 0 Å². The minimum atomic E-state index is 0.760. The Hall–Kier alpha value is 0.200. The van der Waals surface area contributed by atoms with Crippen LogP contribution in [0.25, 0.3) is 0 Å². The number of hydrogen-bond donors (Lipinski definition) is 1. The Morgan fingerprint density at radius 2 is 1.08 bits per heavy atom. The molecule has 0 bridgehead atoms. The van der Waals surface area contributed by atoms with Gasteiger partial charge < -0.3 is 4.90 Å². The van der Waals surface area contributed by atoms with E-state index in [1.54, 1.807) is 0 Å². The van der Waals surface area contributed by atoms with E-state index in [0.29, 0.717) is 0 Å². The number of nitrogens with zero attached hydrogens (tertiary/aromatic N) is 2. The molecule has 0 saturated carbocycles. The Morgan fingerprint density at radius 3 is 1.48 bits per heavy atom. The van der Waals surface area contributed by atoms with E-state index in [1.807, 2.05) is 0 Å². The van der Waals surface area contributed by atoms with Gasteiger partial charge in [0.25, 0.3) is 0 Å². The summed E-state index contributed by atoms with van der Waals surface area (Å²) < 4.78 is 0.760. The molecule has 0 aliphatic carbocycles. The lowest BCUT2D eigenvalue weighted by atomic mass is 10.0. The standard InChI is InChI=1S/C21H42N2S2/c1-2-3-4-5-6-7-8-9-10-11-12-13-14-15-16-22-17-19-23(20-18-22)21(24)25/h2-20H2,1H3,(H,24,25). The van der Waals surface area contributed by atoms with E-state index in [9.17, 15) is 0 Å². The molecule has 4 heteroatoms. The molecule has 0 atom stereocenters. The molecule has 1 saturated heterocycles. The van der Waals surface area contributed by atoms with Crippen molar-refractivity contribution in [2.45, 2.75) is 96.8 Å². The Morgan fingerprint density at radius 1 is 0.680 bits per heavy atom. The van der Waals surface area contributed by atoms with Crippen LogP contribution in [0.5, 0.6) is 0 Å². The number of unbranched alkanes of at least 4 members (excludes halogenated alkanes) is 13. The van der Waals surface area contributed by atoms with Gasteiger partial charge in [-0.3, -0.25) is 4.90 Å². The quantitative estimate of drug-likeness (QED) is 0.200. The van der Waals surface area contributed by atoms with E-state index in [1.165, 1.54) is 96.4 Å². The van der Waals surface area contributed by atoms with Crippen LogP contribution in [0.15, 0.2) is 0 Å². The van der Waals surface area contributed by atoms with Gasteiger partial charge >= 0.3 is 0 Å². The van der Waals surface area contributed by atoms with Crippen molar-refractivity contribution < 1.29 is 0 Å². The van der Waals surface area contributed by atoms with E-state index in [2.05, 4.69) is 29.4 Å². The molecular formula is C21H42N2S2. The van der Waals surface area contributed by atoms with Crippen molar-refractivity contribution in [3.05, 3.63) is 0 Å². The van der Waals surface area contributed by atoms with Crippen LogP contribution >= 0.6 is 24.8 Å². The third kappa shape index (κ3) is 13.1. The second-order valence-corrected chi connectivity index (χ2v) is 8.82. The molecule has 1 heterocycles. The number of piperazine rings is 1. The van der Waals surface area contributed by atoms with E-state index >= 15 is 0 Å². The van der Waals surface area contributed by atoms with Crippen molar-refractivity contribution in [2.24, 2.45) is 0 Å². The highest BCUT2D eigenvalue weighted by molar-refractivity contribution is 8.10. The molecule has 0 spiro atoms. The maximum atomic E-state index is 5.13. The van der Waals surface area contributed by atoms with Crippen molar-refractivity contribution in [1.29, 1.82) is 0 Å². The summed E-state index contributed by atoms with van der Waals surface area (Å²) in [5, 5.41) is 0. The molecule has 0 unspecified atom stereocenters. The number of hydrogen-bond acceptors (Lipinski definition) is 2. The molecule has 0 aromatic heterocycles. The average Bonchev–Trinajstić information content (AvgIpc) is 2.62. The van der Waals surface area contributed by atoms with Crippen molar-refractivity contribution in [3.63, 3.8) is 0 Å². The molecule has 1 rings (SSSR count). The third-order valence-electron chi connectivity index (χ3n) is 5.47. The molecule has 0 aromatic rings. The van der Waals surface area contributed by atoms with Gasteiger partial charge in [0.05, 0.1) is 0 Å². The Labute approximate surface area is 168 Å². The molecule has 1 fully saturated rings. The summed E-state index contributed by atoms with van der Waals surface area (Å²) in [6.45, 7) is 7.98. The third-order valence-corrected chi connectivity index (χ3v) is 6.01. The fourth-order valence-electron chi connectivity index (χ4n) is 3.69. The van der Waals surface area contributed by atoms with Gasteiger partial charge in [0.15, 0.2) is 0 Å². The zero-order valence-corrected chi connectivity index (χ0v) is 18.4. The van der Waals surface area contributed by atoms with Gasteiger partial charge in [-0.05, 0) is 13.0 Å². The molecule has 148 valence electrons. The van der Waals surface area contributed by atoms with Crippen molar-refractivity contribution in [3.8, 4) is 0 Å². The topological polar surface area (TPSA) is 6.48 Å². The molecule has 0 amide bonds. The molecule has 0 radical (unpaired) electrons. The van der Waals surface area contributed by atoms with Gasteiger partial charge in [-0.25, -0.2) is 0 Å². The van der Waals surface area contributed by atoms with Crippen molar-refractivity contribution >= 4 is 29.2 Å². The van der Waals surface area contributed by atoms with Crippen LogP contribution in [0.1, 0.15) is 96.8 Å². The lowest BCUT2D eigenvalue weighted by Crippen LogP contribution is -2.47. The van der Waals surface area contributed by atoms with Gasteiger partial charge in [0.2, 0.25) is 0 Å². The highest BCUT2D eigenvalue weighted by Gasteiger charge is 2.16. The average molecular weight is 387 g/mol. The summed E-state index contributed by atoms with van der Waals surface area (Å²) in [5.74, 6) is 0. The van der Waals surface area contributed by atoms with E-state index in [-0.39, 0.29) is 0 Å². The lowest BCUT2D eigenvalue weighted by molar-refractivity contribution is 0.182. The van der Waals surface area contributed by atoms with Gasteiger partial charge in [0.1, 0.15) is 4.32 Å². The summed E-state index contributed by atoms with van der Waals surface area (Å²) >= 11 is 9.40. The Kier molecular flexibility index (Phi) is 15.2. The van der Waals surface area contributed by atoms with E-state index in [4.69, 9.17) is 12.2 Å². The van der Waals surface area contributed by atoms with Crippen molar-refractivity contribution in [2.75, 3.05) is 32.7 Å². The first-order valence-corrected chi connectivity index (χ1v) is 11.8. The largest absolute Gasteiger partial charge is 0.355 e. The second kappa shape index (κ2) is 16.4. The first kappa shape index (κ1) is 23.2. The lowest BCUT2D eigenvalue weighted by Gasteiger charge is -2.35. The summed E-state index contributed by atoms with van der Waals surface area (Å²) in [7, 11) is 0. The maximum Gasteiger partial charge on any atom is 0.133 e. The Balaban J connectivity index is 1.76. The first-order valence-electron chi connectivity index (χ1n) is 10.9. The monoisotopic (exact) mass is 386 g/mol. The highest BCUT2D eigenvalue weighted by Crippen LogP contribution is 2.13. The van der Waals surface area contributed by atoms with Gasteiger partial charge in [-0.15, -0.1) is 12.6 Å². The summed E-state index contributed by atoms with van der Waals surface area (Å²) in [5.41, 5.74) is 0. The predicted octanol–water partition coefficient (Wildman–Crippen LogP) is 6.30. The molecule has 1 aliphatic rings. The molecular weight excluding hydrogens is 344 g/mol. The van der Waals surface area contributed by atoms with Crippen molar-refractivity contribution in [1.82, 2.24) is 9.80 Å². The molecule has 2 nitrogen and oxygen atoms in total. The van der Waals surface area contributed by atoms with Crippen LogP contribution in [0, 0.1) is 0 Å². The van der Waals surface area contributed by atoms with Crippen LogP contribution in [-0.2, 0) is 0 Å². The summed E-state index contributed by atoms with van der Waals surface area (Å²) in [6.07, 6.45) is 20.1. The van der Waals surface area contributed by atoms with Crippen LogP contribution in [0.4, 0.5) is 0 Å². The number of rotatable bonds is 15. The predicted molar refractivity (Wildman–Crippen MR) is 120 cm³/mol. The van der Waals surface area contributed by atoms with Gasteiger partial charge in [-0.1, -0.05) is 103 Å². The SMILES string of the molecule is CCCCCCCCCCCCCCCCN1CCN(C(=S)S)CC1. The normalized spacial score (nSPS) is 15.7. The summed E-state index contributed by atoms with van der Waals surface area (Å²) in [6, 6.07) is 0. The smallest absolute Gasteiger partial charge is 0.133 e. The molecule has 25 heavy (non-hydrogen) atoms. The zero-order chi connectivity index (χ0) is 18.2. The highest BCUT2D eigenvalue weighted by atomic mass is 32.1. The fourth-order valence-corrected chi connectivity index (χ4v) is 4.08. The molecule has 0 N–H and O–H groups in total. The zero-order valence-electron chi connectivity index (χ0n) is 16.7. The van der Waals surface area contributed by atoms with Gasteiger partial charge in [0, 0.05) is 26.2 Å². The van der Waals surface area contributed by atoms with Crippen LogP contribution in [-0.4, -0.2) is 46.8 Å². The second-order valence-electron chi connectivity index (χ2n) is 7.71. The van der Waals surface area contributed by atoms with Crippen LogP contribution in [0.3, 0.4) is 0 Å². The van der Waals surface area contributed by atoms with Crippen LogP contribution in [0.2, 0.25) is 0 Å². The minimum Gasteiger partial charge on any atom is -0.355 e. The van der Waals surface area contributed by atoms with E-state index in [0.717, 1.165) is 30.5 Å². The molecule has 1 aliphatic heterocycles. The maximum absolute atomic E-state index is 5.13. The van der Waals surface area contributed by atoms with Crippen LogP contribution < -0.4 is 0 Å². The number of thiol groups is 1. The first-order chi connectivity index (χ1) is 12.2. The fraction of sp³-hybridized carbons (Fsp3) is 0.952. The summed E-state index contributed by atoms with van der Waals surface area (Å²) in [4.78, 5) is 4.79. The minimum absolute atomic E-state index is 0.760. The molecule has 0 aromatic carbocycles. The van der Waals surface area contributed by atoms with E-state index < -0.39 is 0 Å². The number of thiocarbonyl (C=S) groups is 1.